The normalized spacial score (nSPS) is 41.9. The van der Waals surface area contributed by atoms with Crippen molar-refractivity contribution in [1.29, 1.82) is 0 Å². The van der Waals surface area contributed by atoms with Crippen LogP contribution in [-0.2, 0) is 0 Å². The summed E-state index contributed by atoms with van der Waals surface area (Å²) < 4.78 is 0. The molecule has 0 spiro atoms. The zero-order valence-corrected chi connectivity index (χ0v) is 11.4. The van der Waals surface area contributed by atoms with Crippen LogP contribution >= 0.6 is 11.6 Å². The maximum Gasteiger partial charge on any atom is 0.0763 e. The molecule has 5 atom stereocenters. The molecule has 1 unspecified atom stereocenters. The topological polar surface area (TPSA) is 35.8 Å². The van der Waals surface area contributed by atoms with Crippen molar-refractivity contribution in [3.8, 4) is 0 Å². The Morgan fingerprint density at radius 2 is 2.00 bits per heavy atom. The van der Waals surface area contributed by atoms with Gasteiger partial charge >= 0.3 is 0 Å². The molecule has 4 bridgehead atoms. The van der Waals surface area contributed by atoms with Crippen LogP contribution in [0.5, 0.6) is 0 Å². The molecule has 1 aromatic carbocycles. The van der Waals surface area contributed by atoms with Gasteiger partial charge in [0.05, 0.1) is 5.71 Å². The second kappa shape index (κ2) is 4.22. The van der Waals surface area contributed by atoms with E-state index in [1.807, 2.05) is 12.1 Å². The van der Waals surface area contributed by atoms with Gasteiger partial charge in [-0.15, -0.1) is 0 Å². The second-order valence-electron chi connectivity index (χ2n) is 5.98. The van der Waals surface area contributed by atoms with E-state index < -0.39 is 0 Å². The van der Waals surface area contributed by atoms with Gasteiger partial charge in [0.1, 0.15) is 0 Å². The lowest BCUT2D eigenvalue weighted by molar-refractivity contribution is 0.154. The molecule has 4 rings (SSSR count). The summed E-state index contributed by atoms with van der Waals surface area (Å²) in [6.07, 6.45) is 3.73. The molecule has 1 N–H and O–H groups in total. The van der Waals surface area contributed by atoms with Crippen LogP contribution in [0.4, 0.5) is 0 Å². The van der Waals surface area contributed by atoms with E-state index in [4.69, 9.17) is 11.6 Å². The van der Waals surface area contributed by atoms with Crippen LogP contribution < -0.4 is 0 Å². The monoisotopic (exact) mass is 276 g/mol. The van der Waals surface area contributed by atoms with Crippen LogP contribution in [0.2, 0.25) is 5.02 Å². The highest BCUT2D eigenvalue weighted by molar-refractivity contribution is 6.30. The van der Waals surface area contributed by atoms with E-state index in [9.17, 15) is 5.21 Å². The number of rotatable bonds is 1. The Hall–Kier alpha value is -1.06. The van der Waals surface area contributed by atoms with E-state index in [1.165, 1.54) is 24.8 Å². The van der Waals surface area contributed by atoms with Crippen molar-refractivity contribution in [3.63, 3.8) is 0 Å². The second-order valence-corrected chi connectivity index (χ2v) is 6.42. The predicted octanol–water partition coefficient (Wildman–Crippen LogP) is 3.12. The minimum Gasteiger partial charge on any atom is -0.411 e. The maximum atomic E-state index is 9.29. The molecule has 3 aliphatic heterocycles. The fraction of sp³-hybridized carbons (Fsp3) is 0.533. The van der Waals surface area contributed by atoms with Crippen LogP contribution in [0.15, 0.2) is 29.4 Å². The molecule has 0 amide bonds. The van der Waals surface area contributed by atoms with Gasteiger partial charge in [-0.3, -0.25) is 4.90 Å². The van der Waals surface area contributed by atoms with Gasteiger partial charge in [-0.1, -0.05) is 28.9 Å². The zero-order valence-electron chi connectivity index (χ0n) is 10.7. The lowest BCUT2D eigenvalue weighted by Gasteiger charge is -2.36. The van der Waals surface area contributed by atoms with Gasteiger partial charge in [-0.05, 0) is 42.9 Å². The lowest BCUT2D eigenvalue weighted by atomic mass is 9.77. The van der Waals surface area contributed by atoms with Gasteiger partial charge in [-0.25, -0.2) is 0 Å². The van der Waals surface area contributed by atoms with Crippen LogP contribution in [0.3, 0.4) is 0 Å². The summed E-state index contributed by atoms with van der Waals surface area (Å²) in [7, 11) is 0. The van der Waals surface area contributed by atoms with Gasteiger partial charge in [0, 0.05) is 29.6 Å². The third-order valence-corrected chi connectivity index (χ3v) is 5.47. The number of piperidine rings is 1. The highest BCUT2D eigenvalue weighted by Crippen LogP contribution is 2.51. The Kier molecular flexibility index (Phi) is 2.61. The number of benzene rings is 1. The van der Waals surface area contributed by atoms with Crippen molar-refractivity contribution >= 4 is 17.3 Å². The minimum atomic E-state index is 0.393. The molecule has 3 saturated heterocycles. The average Bonchev–Trinajstić information content (AvgIpc) is 2.85. The smallest absolute Gasteiger partial charge is 0.0763 e. The number of halogens is 1. The lowest BCUT2D eigenvalue weighted by Crippen LogP contribution is -2.40. The first kappa shape index (κ1) is 11.7. The van der Waals surface area contributed by atoms with Crippen LogP contribution in [0.25, 0.3) is 0 Å². The average molecular weight is 277 g/mol. The van der Waals surface area contributed by atoms with Gasteiger partial charge in [0.2, 0.25) is 0 Å². The third-order valence-electron chi connectivity index (χ3n) is 5.22. The van der Waals surface area contributed by atoms with Gasteiger partial charge < -0.3 is 5.21 Å². The largest absolute Gasteiger partial charge is 0.411 e. The van der Waals surface area contributed by atoms with E-state index >= 15 is 0 Å². The fourth-order valence-electron chi connectivity index (χ4n) is 4.46. The molecule has 3 aliphatic rings. The summed E-state index contributed by atoms with van der Waals surface area (Å²) in [5.41, 5.74) is 2.32. The van der Waals surface area contributed by atoms with Crippen molar-refractivity contribution < 1.29 is 5.21 Å². The predicted molar refractivity (Wildman–Crippen MR) is 75.0 cm³/mol. The Morgan fingerprint density at radius 3 is 2.74 bits per heavy atom. The first-order chi connectivity index (χ1) is 9.28. The van der Waals surface area contributed by atoms with E-state index in [0.29, 0.717) is 23.9 Å². The number of nitrogens with zero attached hydrogens (tertiary/aromatic N) is 2. The quantitative estimate of drug-likeness (QED) is 0.632. The SMILES string of the molecule is ON=C1CN2[C@H]3CC[C@@H]2[C@@H]1[C@H](c1ccc(Cl)cc1)C3. The fourth-order valence-corrected chi connectivity index (χ4v) is 4.58. The Bertz CT molecular complexity index is 527. The minimum absolute atomic E-state index is 0.393. The Morgan fingerprint density at radius 1 is 1.21 bits per heavy atom. The number of oxime groups is 1. The summed E-state index contributed by atoms with van der Waals surface area (Å²) in [6, 6.07) is 9.46. The molecule has 4 heteroatoms. The molecule has 0 saturated carbocycles. The van der Waals surface area contributed by atoms with E-state index in [-0.39, 0.29) is 0 Å². The van der Waals surface area contributed by atoms with Crippen LogP contribution in [0.1, 0.15) is 30.7 Å². The number of hydrogen-bond acceptors (Lipinski definition) is 3. The van der Waals surface area contributed by atoms with Crippen molar-refractivity contribution in [1.82, 2.24) is 4.90 Å². The molecule has 0 radical (unpaired) electrons. The molecule has 0 aromatic heterocycles. The summed E-state index contributed by atoms with van der Waals surface area (Å²) >= 11 is 5.98. The molecule has 3 nitrogen and oxygen atoms in total. The third kappa shape index (κ3) is 1.65. The standard InChI is InChI=1S/C15H17ClN2O/c16-10-3-1-9(2-4-10)12-7-11-5-6-14-15(12)13(17-19)8-18(11)14/h1-4,11-12,14-15,19H,5-8H2/t11-,12-,14+,15+/m0/s1. The van der Waals surface area contributed by atoms with Crippen molar-refractivity contribution in [3.05, 3.63) is 34.9 Å². The maximum absolute atomic E-state index is 9.29. The molecular formula is C15H17ClN2O. The molecular weight excluding hydrogens is 260 g/mol. The Balaban J connectivity index is 1.74. The molecule has 100 valence electrons. The van der Waals surface area contributed by atoms with E-state index in [1.54, 1.807) is 0 Å². The first-order valence-electron chi connectivity index (χ1n) is 7.00. The molecule has 1 aromatic rings. The first-order valence-corrected chi connectivity index (χ1v) is 7.38. The summed E-state index contributed by atoms with van der Waals surface area (Å²) in [5, 5.41) is 13.7. The van der Waals surface area contributed by atoms with Gasteiger partial charge in [-0.2, -0.15) is 0 Å². The van der Waals surface area contributed by atoms with E-state index in [2.05, 4.69) is 22.2 Å². The Labute approximate surface area is 117 Å². The molecule has 19 heavy (non-hydrogen) atoms. The highest BCUT2D eigenvalue weighted by atomic mass is 35.5. The summed E-state index contributed by atoms with van der Waals surface area (Å²) in [6.45, 7) is 0.862. The van der Waals surface area contributed by atoms with Crippen molar-refractivity contribution in [2.24, 2.45) is 11.1 Å². The zero-order chi connectivity index (χ0) is 13.0. The highest BCUT2D eigenvalue weighted by Gasteiger charge is 2.54. The van der Waals surface area contributed by atoms with E-state index in [0.717, 1.165) is 17.3 Å². The van der Waals surface area contributed by atoms with Gasteiger partial charge in [0.25, 0.3) is 0 Å². The van der Waals surface area contributed by atoms with Crippen LogP contribution in [-0.4, -0.2) is 34.4 Å². The van der Waals surface area contributed by atoms with Crippen molar-refractivity contribution in [2.45, 2.75) is 37.3 Å². The summed E-state index contributed by atoms with van der Waals surface area (Å²) in [4.78, 5) is 2.55. The van der Waals surface area contributed by atoms with Crippen molar-refractivity contribution in [2.75, 3.05) is 6.54 Å². The molecule has 0 aliphatic carbocycles. The summed E-state index contributed by atoms with van der Waals surface area (Å²) in [5.74, 6) is 0.879. The molecule has 3 fully saturated rings. The number of hydrogen-bond donors (Lipinski definition) is 1. The van der Waals surface area contributed by atoms with Crippen LogP contribution in [0, 0.1) is 5.92 Å². The molecule has 3 heterocycles. The van der Waals surface area contributed by atoms with Gasteiger partial charge in [0.15, 0.2) is 0 Å².